The summed E-state index contributed by atoms with van der Waals surface area (Å²) in [6, 6.07) is 0. The van der Waals surface area contributed by atoms with Gasteiger partial charge >= 0.3 is 0 Å². The summed E-state index contributed by atoms with van der Waals surface area (Å²) in [6.45, 7) is 0.221. The lowest BCUT2D eigenvalue weighted by molar-refractivity contribution is -0.144. The van der Waals surface area contributed by atoms with E-state index in [2.05, 4.69) is 4.98 Å². The van der Waals surface area contributed by atoms with Crippen molar-refractivity contribution in [1.29, 1.82) is 0 Å². The van der Waals surface area contributed by atoms with Gasteiger partial charge in [-0.2, -0.15) is 0 Å². The number of aromatic nitrogens is 2. The molecule has 136 valence electrons. The average Bonchev–Trinajstić information content (AvgIpc) is 3.17. The third-order valence-electron chi connectivity index (χ3n) is 7.64. The van der Waals surface area contributed by atoms with Crippen LogP contribution < -0.4 is 5.56 Å². The zero-order chi connectivity index (χ0) is 17.5. The van der Waals surface area contributed by atoms with Crippen molar-refractivity contribution in [2.45, 2.75) is 64.3 Å². The van der Waals surface area contributed by atoms with Gasteiger partial charge in [0.1, 0.15) is 4.83 Å². The number of hydrogen-bond donors (Lipinski definition) is 0. The molecule has 0 N–H and O–H groups in total. The van der Waals surface area contributed by atoms with E-state index in [1.54, 1.807) is 22.2 Å². The number of carbonyl (C=O) groups excluding carboxylic acids is 1. The molecule has 0 unspecified atom stereocenters. The van der Waals surface area contributed by atoms with Gasteiger partial charge in [-0.1, -0.05) is 0 Å². The SMILES string of the molecule is O=C(Cn1cnc2sc3c(c2c1=O)CCC3)C12CC3CC(CC(C3)C1)C2. The lowest BCUT2D eigenvalue weighted by Crippen LogP contribution is -2.51. The molecule has 4 saturated carbocycles. The molecule has 0 aromatic carbocycles. The standard InChI is InChI=1S/C21H24N2O2S/c24-17(21-7-12-4-13(8-21)6-14(5-12)9-21)10-23-11-22-19-18(20(23)25)15-2-1-3-16(15)26-19/h11-14H,1-10H2. The van der Waals surface area contributed by atoms with Crippen LogP contribution in [0, 0.1) is 23.2 Å². The Morgan fingerprint density at radius 1 is 1.15 bits per heavy atom. The summed E-state index contributed by atoms with van der Waals surface area (Å²) in [6.07, 6.45) is 12.0. The van der Waals surface area contributed by atoms with Crippen LogP contribution >= 0.6 is 11.3 Å². The molecule has 7 rings (SSSR count). The topological polar surface area (TPSA) is 52.0 Å². The minimum atomic E-state index is -0.139. The van der Waals surface area contributed by atoms with Crippen LogP contribution in [0.1, 0.15) is 55.4 Å². The molecule has 0 saturated heterocycles. The Bertz CT molecular complexity index is 951. The minimum Gasteiger partial charge on any atom is -0.297 e. The molecule has 0 aliphatic heterocycles. The van der Waals surface area contributed by atoms with Crippen LogP contribution in [0.4, 0.5) is 0 Å². The predicted molar refractivity (Wildman–Crippen MR) is 102 cm³/mol. The largest absolute Gasteiger partial charge is 0.297 e. The van der Waals surface area contributed by atoms with Gasteiger partial charge in [0.15, 0.2) is 5.78 Å². The monoisotopic (exact) mass is 368 g/mol. The molecule has 4 bridgehead atoms. The molecule has 2 heterocycles. The van der Waals surface area contributed by atoms with Crippen LogP contribution in [-0.4, -0.2) is 15.3 Å². The van der Waals surface area contributed by atoms with Crippen LogP contribution in [0.2, 0.25) is 0 Å². The van der Waals surface area contributed by atoms with Crippen LogP contribution in [0.3, 0.4) is 0 Å². The Kier molecular flexibility index (Phi) is 3.16. The average molecular weight is 369 g/mol. The molecule has 2 aromatic heterocycles. The van der Waals surface area contributed by atoms with E-state index in [0.29, 0.717) is 5.78 Å². The summed E-state index contributed by atoms with van der Waals surface area (Å²) in [5.41, 5.74) is 1.08. The Hall–Kier alpha value is -1.49. The van der Waals surface area contributed by atoms with E-state index >= 15 is 0 Å². The van der Waals surface area contributed by atoms with Crippen molar-refractivity contribution in [2.24, 2.45) is 23.2 Å². The molecule has 0 atom stereocenters. The first-order valence-corrected chi connectivity index (χ1v) is 11.0. The number of fused-ring (bicyclic) bond motifs is 3. The second kappa shape index (κ2) is 5.28. The van der Waals surface area contributed by atoms with Gasteiger partial charge in [-0.05, 0) is 81.1 Å². The summed E-state index contributed by atoms with van der Waals surface area (Å²) >= 11 is 1.67. The van der Waals surface area contributed by atoms with Crippen molar-refractivity contribution < 1.29 is 4.79 Å². The van der Waals surface area contributed by atoms with Crippen LogP contribution in [0.15, 0.2) is 11.1 Å². The second-order valence-corrected chi connectivity index (χ2v) is 10.4. The second-order valence-electron chi connectivity index (χ2n) is 9.34. The smallest absolute Gasteiger partial charge is 0.262 e. The van der Waals surface area contributed by atoms with Gasteiger partial charge < -0.3 is 0 Å². The Labute approximate surface area is 156 Å². The number of thiophene rings is 1. The van der Waals surface area contributed by atoms with Crippen molar-refractivity contribution in [3.63, 3.8) is 0 Å². The normalized spacial score (nSPS) is 34.5. The van der Waals surface area contributed by atoms with Gasteiger partial charge in [-0.3, -0.25) is 14.2 Å². The van der Waals surface area contributed by atoms with Crippen molar-refractivity contribution in [2.75, 3.05) is 0 Å². The molecular weight excluding hydrogens is 344 g/mol. The van der Waals surface area contributed by atoms with Gasteiger partial charge in [-0.15, -0.1) is 11.3 Å². The van der Waals surface area contributed by atoms with E-state index in [1.165, 1.54) is 29.7 Å². The molecule has 4 fully saturated rings. The zero-order valence-corrected chi connectivity index (χ0v) is 15.8. The van der Waals surface area contributed by atoms with Crippen LogP contribution in [-0.2, 0) is 24.2 Å². The maximum absolute atomic E-state index is 13.3. The molecule has 0 spiro atoms. The highest BCUT2D eigenvalue weighted by Gasteiger charge is 2.54. The highest BCUT2D eigenvalue weighted by atomic mass is 32.1. The van der Waals surface area contributed by atoms with Crippen molar-refractivity contribution in [3.8, 4) is 0 Å². The van der Waals surface area contributed by atoms with E-state index in [9.17, 15) is 9.59 Å². The predicted octanol–water partition coefficient (Wildman–Crippen LogP) is 3.73. The summed E-state index contributed by atoms with van der Waals surface area (Å²) in [4.78, 5) is 33.2. The number of rotatable bonds is 3. The molecule has 0 amide bonds. The summed E-state index contributed by atoms with van der Waals surface area (Å²) < 4.78 is 1.61. The Morgan fingerprint density at radius 3 is 2.54 bits per heavy atom. The molecule has 2 aromatic rings. The van der Waals surface area contributed by atoms with Gasteiger partial charge in [-0.25, -0.2) is 4.98 Å². The Balaban J connectivity index is 1.35. The third-order valence-corrected chi connectivity index (χ3v) is 8.84. The molecular formula is C21H24N2O2S. The molecule has 4 nitrogen and oxygen atoms in total. The fourth-order valence-electron chi connectivity index (χ4n) is 6.91. The summed E-state index contributed by atoms with van der Waals surface area (Å²) in [7, 11) is 0. The van der Waals surface area contributed by atoms with E-state index in [-0.39, 0.29) is 17.5 Å². The van der Waals surface area contributed by atoms with Gasteiger partial charge in [0.25, 0.3) is 5.56 Å². The number of ketones is 1. The van der Waals surface area contributed by atoms with Crippen LogP contribution in [0.25, 0.3) is 10.2 Å². The number of aryl methyl sites for hydroxylation is 2. The van der Waals surface area contributed by atoms with Gasteiger partial charge in [0.2, 0.25) is 0 Å². The molecule has 0 radical (unpaired) electrons. The fraction of sp³-hybridized carbons (Fsp3) is 0.667. The van der Waals surface area contributed by atoms with Crippen molar-refractivity contribution in [3.05, 3.63) is 27.1 Å². The number of nitrogens with zero attached hydrogens (tertiary/aromatic N) is 2. The number of hydrogen-bond acceptors (Lipinski definition) is 4. The van der Waals surface area contributed by atoms with E-state index in [4.69, 9.17) is 0 Å². The molecule has 5 aliphatic carbocycles. The van der Waals surface area contributed by atoms with Crippen LogP contribution in [0.5, 0.6) is 0 Å². The van der Waals surface area contributed by atoms with Gasteiger partial charge in [0, 0.05) is 10.3 Å². The Morgan fingerprint density at radius 2 is 1.85 bits per heavy atom. The minimum absolute atomic E-state index is 0.00692. The first-order chi connectivity index (χ1) is 12.6. The number of carbonyl (C=O) groups is 1. The number of Topliss-reactive ketones (excluding diaryl/α,β-unsaturated/α-hetero) is 1. The highest BCUT2D eigenvalue weighted by molar-refractivity contribution is 7.18. The summed E-state index contributed by atoms with van der Waals surface area (Å²) in [5, 5.41) is 0.795. The maximum Gasteiger partial charge on any atom is 0.262 e. The van der Waals surface area contributed by atoms with Gasteiger partial charge in [0.05, 0.1) is 18.3 Å². The quantitative estimate of drug-likeness (QED) is 0.829. The molecule has 5 heteroatoms. The molecule has 5 aliphatic rings. The van der Waals surface area contributed by atoms with Crippen molar-refractivity contribution in [1.82, 2.24) is 9.55 Å². The first-order valence-electron chi connectivity index (χ1n) is 10.1. The zero-order valence-electron chi connectivity index (χ0n) is 15.0. The van der Waals surface area contributed by atoms with E-state index in [0.717, 1.165) is 66.5 Å². The summed E-state index contributed by atoms with van der Waals surface area (Å²) in [5.74, 6) is 2.56. The lowest BCUT2D eigenvalue weighted by atomic mass is 9.48. The fourth-order valence-corrected chi connectivity index (χ4v) is 8.13. The van der Waals surface area contributed by atoms with E-state index < -0.39 is 0 Å². The van der Waals surface area contributed by atoms with Crippen molar-refractivity contribution >= 4 is 27.3 Å². The first kappa shape index (κ1) is 15.6. The maximum atomic E-state index is 13.3. The highest BCUT2D eigenvalue weighted by Crippen LogP contribution is 2.60. The molecule has 26 heavy (non-hydrogen) atoms. The van der Waals surface area contributed by atoms with E-state index in [1.807, 2.05) is 0 Å². The lowest BCUT2D eigenvalue weighted by Gasteiger charge is -2.56. The third kappa shape index (κ3) is 2.09.